The average Bonchev–Trinajstić information content (AvgIpc) is 2.64. The van der Waals surface area contributed by atoms with Crippen LogP contribution in [0.15, 0.2) is 48.5 Å². The molecular formula is C22H23F2NO. The van der Waals surface area contributed by atoms with Crippen LogP contribution in [0.5, 0.6) is 5.75 Å². The van der Waals surface area contributed by atoms with Crippen molar-refractivity contribution in [3.63, 3.8) is 0 Å². The van der Waals surface area contributed by atoms with Crippen LogP contribution >= 0.6 is 0 Å². The van der Waals surface area contributed by atoms with E-state index in [0.29, 0.717) is 23.4 Å². The largest absolute Gasteiger partial charge is 0.496 e. The lowest BCUT2D eigenvalue weighted by molar-refractivity contribution is 0.0950. The molecular weight excluding hydrogens is 332 g/mol. The van der Waals surface area contributed by atoms with Gasteiger partial charge in [-0.05, 0) is 36.5 Å². The molecule has 2 aliphatic rings. The molecule has 26 heavy (non-hydrogen) atoms. The number of fused-ring (bicyclic) bond motifs is 2. The highest BCUT2D eigenvalue weighted by Gasteiger charge is 2.34. The third-order valence-electron chi connectivity index (χ3n) is 5.58. The fraction of sp³-hybridized carbons (Fsp3) is 0.364. The van der Waals surface area contributed by atoms with Gasteiger partial charge >= 0.3 is 0 Å². The lowest BCUT2D eigenvalue weighted by atomic mass is 9.82. The Balaban J connectivity index is 1.66. The lowest BCUT2D eigenvalue weighted by Crippen LogP contribution is -2.47. The van der Waals surface area contributed by atoms with E-state index in [1.165, 1.54) is 25.2 Å². The van der Waals surface area contributed by atoms with E-state index in [9.17, 15) is 8.78 Å². The van der Waals surface area contributed by atoms with Crippen molar-refractivity contribution in [3.8, 4) is 5.75 Å². The van der Waals surface area contributed by atoms with Crippen LogP contribution in [0.25, 0.3) is 5.57 Å². The number of hydrogen-bond acceptors (Lipinski definition) is 2. The summed E-state index contributed by atoms with van der Waals surface area (Å²) in [5.74, 6) is -1.28. The summed E-state index contributed by atoms with van der Waals surface area (Å²) in [5.41, 5.74) is 3.06. The number of benzene rings is 2. The molecule has 0 aromatic heterocycles. The Kier molecular flexibility index (Phi) is 4.77. The first-order valence-electron chi connectivity index (χ1n) is 9.19. The van der Waals surface area contributed by atoms with Crippen molar-refractivity contribution < 1.29 is 13.5 Å². The van der Waals surface area contributed by atoms with Crippen molar-refractivity contribution in [2.75, 3.05) is 7.11 Å². The summed E-state index contributed by atoms with van der Waals surface area (Å²) >= 11 is 0. The van der Waals surface area contributed by atoms with Gasteiger partial charge in [-0.15, -0.1) is 0 Å². The molecule has 2 atom stereocenters. The summed E-state index contributed by atoms with van der Waals surface area (Å²) < 4.78 is 32.7. The van der Waals surface area contributed by atoms with Gasteiger partial charge in [-0.2, -0.15) is 0 Å². The predicted octanol–water partition coefficient (Wildman–Crippen LogP) is 5.18. The molecule has 0 spiro atoms. The van der Waals surface area contributed by atoms with Gasteiger partial charge in [0.2, 0.25) is 0 Å². The van der Waals surface area contributed by atoms with Crippen LogP contribution < -0.4 is 4.74 Å². The summed E-state index contributed by atoms with van der Waals surface area (Å²) in [6.45, 7) is 0.925. The van der Waals surface area contributed by atoms with Crippen LogP contribution in [-0.4, -0.2) is 24.1 Å². The van der Waals surface area contributed by atoms with Gasteiger partial charge < -0.3 is 4.74 Å². The van der Waals surface area contributed by atoms with Crippen LogP contribution in [-0.2, 0) is 6.54 Å². The SMILES string of the molecule is COc1cc(F)c(F)cc1C1=CC2CCCC(C1)N2Cc1ccccc1. The van der Waals surface area contributed by atoms with Crippen LogP contribution in [0.2, 0.25) is 0 Å². The molecule has 4 rings (SSSR count). The summed E-state index contributed by atoms with van der Waals surface area (Å²) in [6, 6.07) is 13.7. The molecule has 1 saturated heterocycles. The molecule has 0 N–H and O–H groups in total. The molecule has 0 radical (unpaired) electrons. The number of piperidine rings is 1. The molecule has 2 aromatic rings. The highest BCUT2D eigenvalue weighted by Crippen LogP contribution is 2.40. The zero-order chi connectivity index (χ0) is 18.1. The lowest BCUT2D eigenvalue weighted by Gasteiger charge is -2.45. The second-order valence-electron chi connectivity index (χ2n) is 7.17. The number of rotatable bonds is 4. The van der Waals surface area contributed by atoms with Gasteiger partial charge in [0.05, 0.1) is 7.11 Å². The van der Waals surface area contributed by atoms with E-state index in [1.54, 1.807) is 0 Å². The topological polar surface area (TPSA) is 12.5 Å². The molecule has 0 amide bonds. The summed E-state index contributed by atoms with van der Waals surface area (Å²) in [6.07, 6.45) is 6.50. The van der Waals surface area contributed by atoms with E-state index in [1.807, 2.05) is 6.07 Å². The fourth-order valence-corrected chi connectivity index (χ4v) is 4.31. The average molecular weight is 355 g/mol. The highest BCUT2D eigenvalue weighted by molar-refractivity contribution is 5.72. The van der Waals surface area contributed by atoms with Gasteiger partial charge in [-0.25, -0.2) is 8.78 Å². The standard InChI is InChI=1S/C22H23F2NO/c1-26-22-13-21(24)20(23)12-19(22)16-10-17-8-5-9-18(11-16)25(17)14-15-6-3-2-4-7-15/h2-4,6-7,10,12-13,17-18H,5,8-9,11,14H2,1H3. The molecule has 4 heteroatoms. The van der Waals surface area contributed by atoms with Gasteiger partial charge in [0.15, 0.2) is 11.6 Å². The maximum atomic E-state index is 13.8. The van der Waals surface area contributed by atoms with Gasteiger partial charge in [0, 0.05) is 30.3 Å². The number of ether oxygens (including phenoxy) is 1. The first-order chi connectivity index (χ1) is 12.7. The Morgan fingerprint density at radius 2 is 1.85 bits per heavy atom. The Morgan fingerprint density at radius 1 is 1.08 bits per heavy atom. The third-order valence-corrected chi connectivity index (χ3v) is 5.58. The quantitative estimate of drug-likeness (QED) is 0.749. The number of nitrogens with zero attached hydrogens (tertiary/aromatic N) is 1. The fourth-order valence-electron chi connectivity index (χ4n) is 4.31. The van der Waals surface area contributed by atoms with E-state index in [0.717, 1.165) is 37.4 Å². The number of hydrogen-bond donors (Lipinski definition) is 0. The minimum atomic E-state index is -0.868. The maximum absolute atomic E-state index is 13.8. The van der Waals surface area contributed by atoms with Crippen molar-refractivity contribution in [1.29, 1.82) is 0 Å². The Hall–Kier alpha value is -2.20. The van der Waals surface area contributed by atoms with E-state index < -0.39 is 11.6 Å². The van der Waals surface area contributed by atoms with Gasteiger partial charge in [-0.1, -0.05) is 42.8 Å². The first-order valence-corrected chi connectivity index (χ1v) is 9.19. The molecule has 2 bridgehead atoms. The van der Waals surface area contributed by atoms with E-state index in [-0.39, 0.29) is 0 Å². The molecule has 0 saturated carbocycles. The minimum absolute atomic E-state index is 0.329. The summed E-state index contributed by atoms with van der Waals surface area (Å²) in [7, 11) is 1.50. The monoisotopic (exact) mass is 355 g/mol. The molecule has 2 nitrogen and oxygen atoms in total. The summed E-state index contributed by atoms with van der Waals surface area (Å²) in [5, 5.41) is 0. The van der Waals surface area contributed by atoms with Crippen molar-refractivity contribution in [1.82, 2.24) is 4.90 Å². The molecule has 2 heterocycles. The Morgan fingerprint density at radius 3 is 2.58 bits per heavy atom. The molecule has 2 aliphatic heterocycles. The van der Waals surface area contributed by atoms with E-state index in [4.69, 9.17) is 4.74 Å². The van der Waals surface area contributed by atoms with Crippen molar-refractivity contribution >= 4 is 5.57 Å². The zero-order valence-corrected chi connectivity index (χ0v) is 14.9. The molecule has 0 aliphatic carbocycles. The molecule has 2 aromatic carbocycles. The smallest absolute Gasteiger partial charge is 0.162 e. The summed E-state index contributed by atoms with van der Waals surface area (Å²) in [4.78, 5) is 2.55. The van der Waals surface area contributed by atoms with Crippen LogP contribution in [0.4, 0.5) is 8.78 Å². The van der Waals surface area contributed by atoms with Crippen molar-refractivity contribution in [2.24, 2.45) is 0 Å². The molecule has 1 fully saturated rings. The van der Waals surface area contributed by atoms with Crippen molar-refractivity contribution in [2.45, 2.75) is 44.3 Å². The number of methoxy groups -OCH3 is 1. The molecule has 2 unspecified atom stereocenters. The Bertz CT molecular complexity index is 818. The number of halogens is 2. The van der Waals surface area contributed by atoms with Gasteiger partial charge in [-0.3, -0.25) is 4.90 Å². The minimum Gasteiger partial charge on any atom is -0.496 e. The van der Waals surface area contributed by atoms with Crippen LogP contribution in [0, 0.1) is 11.6 Å². The van der Waals surface area contributed by atoms with Crippen LogP contribution in [0.3, 0.4) is 0 Å². The highest BCUT2D eigenvalue weighted by atomic mass is 19.2. The zero-order valence-electron chi connectivity index (χ0n) is 14.9. The van der Waals surface area contributed by atoms with Crippen molar-refractivity contribution in [3.05, 3.63) is 71.3 Å². The third kappa shape index (κ3) is 3.26. The predicted molar refractivity (Wildman–Crippen MR) is 98.9 cm³/mol. The van der Waals surface area contributed by atoms with Gasteiger partial charge in [0.25, 0.3) is 0 Å². The van der Waals surface area contributed by atoms with E-state index >= 15 is 0 Å². The van der Waals surface area contributed by atoms with E-state index in [2.05, 4.69) is 35.2 Å². The molecule has 136 valence electrons. The van der Waals surface area contributed by atoms with Gasteiger partial charge in [0.1, 0.15) is 5.75 Å². The normalized spacial score (nSPS) is 22.8. The first kappa shape index (κ1) is 17.2. The second kappa shape index (κ2) is 7.20. The Labute approximate surface area is 153 Å². The second-order valence-corrected chi connectivity index (χ2v) is 7.17. The maximum Gasteiger partial charge on any atom is 0.162 e. The van der Waals surface area contributed by atoms with Crippen LogP contribution in [0.1, 0.15) is 36.8 Å².